The van der Waals surface area contributed by atoms with Crippen molar-refractivity contribution in [1.29, 1.82) is 0 Å². The van der Waals surface area contributed by atoms with Gasteiger partial charge in [0.05, 0.1) is 0 Å². The minimum atomic E-state index is -0.763. The van der Waals surface area contributed by atoms with E-state index in [-0.39, 0.29) is 17.3 Å². The summed E-state index contributed by atoms with van der Waals surface area (Å²) in [5, 5.41) is 5.14. The Morgan fingerprint density at radius 3 is 2.24 bits per heavy atom. The van der Waals surface area contributed by atoms with E-state index in [1.54, 1.807) is 20.8 Å². The van der Waals surface area contributed by atoms with Crippen molar-refractivity contribution < 1.29 is 13.6 Å². The highest BCUT2D eigenvalue weighted by Gasteiger charge is 2.15. The molecule has 1 aromatic rings. The highest BCUT2D eigenvalue weighted by Crippen LogP contribution is 2.20. The third-order valence-electron chi connectivity index (χ3n) is 2.08. The number of nitrogens with one attached hydrogen (secondary N) is 2. The van der Waals surface area contributed by atoms with Gasteiger partial charge in [0.15, 0.2) is 0 Å². The van der Waals surface area contributed by atoms with E-state index in [1.165, 1.54) is 0 Å². The molecule has 0 fully saturated rings. The van der Waals surface area contributed by atoms with E-state index < -0.39 is 17.5 Å². The standard InChI is InChI=1S/C12H16F2N2O/c1-4-15-11-9(13)5-8(6-10(11)14)12(17)16-7(2)3/h5-7,15H,4H2,1-3H3,(H,16,17). The zero-order valence-electron chi connectivity index (χ0n) is 10.1. The predicted molar refractivity (Wildman–Crippen MR) is 63.1 cm³/mol. The Kier molecular flexibility index (Phi) is 4.43. The van der Waals surface area contributed by atoms with Crippen LogP contribution in [0, 0.1) is 11.6 Å². The predicted octanol–water partition coefficient (Wildman–Crippen LogP) is 2.53. The number of anilines is 1. The van der Waals surface area contributed by atoms with Crippen molar-refractivity contribution in [2.24, 2.45) is 0 Å². The van der Waals surface area contributed by atoms with Crippen LogP contribution in [0.1, 0.15) is 31.1 Å². The zero-order chi connectivity index (χ0) is 13.0. The van der Waals surface area contributed by atoms with E-state index in [0.717, 1.165) is 12.1 Å². The lowest BCUT2D eigenvalue weighted by Crippen LogP contribution is -2.30. The summed E-state index contributed by atoms with van der Waals surface area (Å²) in [5.74, 6) is -2.01. The van der Waals surface area contributed by atoms with E-state index in [4.69, 9.17) is 0 Å². The fourth-order valence-corrected chi connectivity index (χ4v) is 1.40. The molecule has 2 N–H and O–H groups in total. The quantitative estimate of drug-likeness (QED) is 0.851. The summed E-state index contributed by atoms with van der Waals surface area (Å²) in [4.78, 5) is 11.6. The van der Waals surface area contributed by atoms with Gasteiger partial charge in [-0.3, -0.25) is 4.79 Å². The van der Waals surface area contributed by atoms with E-state index in [2.05, 4.69) is 10.6 Å². The maximum atomic E-state index is 13.5. The molecule has 0 aromatic heterocycles. The fraction of sp³-hybridized carbons (Fsp3) is 0.417. The largest absolute Gasteiger partial charge is 0.381 e. The molecule has 0 spiro atoms. The maximum Gasteiger partial charge on any atom is 0.251 e. The first-order valence-electron chi connectivity index (χ1n) is 5.49. The Morgan fingerprint density at radius 2 is 1.82 bits per heavy atom. The first kappa shape index (κ1) is 13.4. The molecule has 5 heteroatoms. The summed E-state index contributed by atoms with van der Waals surface area (Å²) in [6, 6.07) is 1.97. The van der Waals surface area contributed by atoms with Gasteiger partial charge in [-0.15, -0.1) is 0 Å². The van der Waals surface area contributed by atoms with Crippen LogP contribution in [0.3, 0.4) is 0 Å². The molecule has 3 nitrogen and oxygen atoms in total. The molecule has 0 radical (unpaired) electrons. The molecule has 17 heavy (non-hydrogen) atoms. The number of hydrogen-bond donors (Lipinski definition) is 2. The second-order valence-electron chi connectivity index (χ2n) is 3.97. The average Bonchev–Trinajstić information content (AvgIpc) is 2.22. The summed E-state index contributed by atoms with van der Waals surface area (Å²) >= 11 is 0. The van der Waals surface area contributed by atoms with Gasteiger partial charge in [-0.2, -0.15) is 0 Å². The minimum absolute atomic E-state index is 0.0182. The number of amides is 1. The maximum absolute atomic E-state index is 13.5. The van der Waals surface area contributed by atoms with Crippen molar-refractivity contribution in [3.63, 3.8) is 0 Å². The number of rotatable bonds is 4. The first-order chi connectivity index (χ1) is 7.95. The summed E-state index contributed by atoms with van der Waals surface area (Å²) < 4.78 is 27.0. The number of hydrogen-bond acceptors (Lipinski definition) is 2. The molecule has 0 aliphatic heterocycles. The van der Waals surface area contributed by atoms with Crippen molar-refractivity contribution in [3.05, 3.63) is 29.3 Å². The first-order valence-corrected chi connectivity index (χ1v) is 5.49. The lowest BCUT2D eigenvalue weighted by atomic mass is 10.1. The Balaban J connectivity index is 3.01. The van der Waals surface area contributed by atoms with Gasteiger partial charge in [-0.25, -0.2) is 8.78 Å². The van der Waals surface area contributed by atoms with Crippen LogP contribution in [0.4, 0.5) is 14.5 Å². The lowest BCUT2D eigenvalue weighted by molar-refractivity contribution is 0.0942. The normalized spacial score (nSPS) is 10.5. The Labute approximate surface area is 99.2 Å². The summed E-state index contributed by atoms with van der Waals surface area (Å²) in [5.41, 5.74) is -0.219. The van der Waals surface area contributed by atoms with E-state index in [0.29, 0.717) is 6.54 Å². The third-order valence-corrected chi connectivity index (χ3v) is 2.08. The Morgan fingerprint density at radius 1 is 1.29 bits per heavy atom. The Bertz CT molecular complexity index is 396. The third kappa shape index (κ3) is 3.41. The molecule has 1 rings (SSSR count). The summed E-state index contributed by atoms with van der Waals surface area (Å²) in [7, 11) is 0. The molecule has 0 bridgehead atoms. The van der Waals surface area contributed by atoms with Crippen LogP contribution in [-0.4, -0.2) is 18.5 Å². The molecule has 0 aliphatic rings. The molecule has 1 aromatic carbocycles. The summed E-state index contributed by atoms with van der Waals surface area (Å²) in [6.07, 6.45) is 0. The van der Waals surface area contributed by atoms with Crippen molar-refractivity contribution in [3.8, 4) is 0 Å². The highest BCUT2D eigenvalue weighted by molar-refractivity contribution is 5.94. The van der Waals surface area contributed by atoms with E-state index >= 15 is 0 Å². The molecule has 1 amide bonds. The SMILES string of the molecule is CCNc1c(F)cc(C(=O)NC(C)C)cc1F. The van der Waals surface area contributed by atoms with Crippen LogP contribution in [0.2, 0.25) is 0 Å². The molecule has 0 aliphatic carbocycles. The number of benzene rings is 1. The molecular weight excluding hydrogens is 226 g/mol. The monoisotopic (exact) mass is 242 g/mol. The second-order valence-corrected chi connectivity index (χ2v) is 3.97. The van der Waals surface area contributed by atoms with E-state index in [9.17, 15) is 13.6 Å². The van der Waals surface area contributed by atoms with Gasteiger partial charge in [0.25, 0.3) is 5.91 Å². The molecule has 0 unspecified atom stereocenters. The average molecular weight is 242 g/mol. The van der Waals surface area contributed by atoms with Gasteiger partial charge in [0, 0.05) is 18.2 Å². The summed E-state index contributed by atoms with van der Waals surface area (Å²) in [6.45, 7) is 5.69. The van der Waals surface area contributed by atoms with Crippen LogP contribution in [-0.2, 0) is 0 Å². The van der Waals surface area contributed by atoms with Crippen molar-refractivity contribution in [1.82, 2.24) is 5.32 Å². The van der Waals surface area contributed by atoms with Gasteiger partial charge < -0.3 is 10.6 Å². The van der Waals surface area contributed by atoms with Crippen molar-refractivity contribution in [2.45, 2.75) is 26.8 Å². The minimum Gasteiger partial charge on any atom is -0.381 e. The lowest BCUT2D eigenvalue weighted by Gasteiger charge is -2.11. The molecular formula is C12H16F2N2O. The molecule has 94 valence electrons. The van der Waals surface area contributed by atoms with Gasteiger partial charge in [-0.1, -0.05) is 0 Å². The van der Waals surface area contributed by atoms with Gasteiger partial charge in [-0.05, 0) is 32.9 Å². The second kappa shape index (κ2) is 5.61. The van der Waals surface area contributed by atoms with Gasteiger partial charge >= 0.3 is 0 Å². The number of carbonyl (C=O) groups is 1. The van der Waals surface area contributed by atoms with Crippen LogP contribution in [0.25, 0.3) is 0 Å². The topological polar surface area (TPSA) is 41.1 Å². The zero-order valence-corrected chi connectivity index (χ0v) is 10.1. The van der Waals surface area contributed by atoms with Crippen LogP contribution in [0.15, 0.2) is 12.1 Å². The van der Waals surface area contributed by atoms with Crippen molar-refractivity contribution >= 4 is 11.6 Å². The fourth-order valence-electron chi connectivity index (χ4n) is 1.40. The molecule has 0 saturated carbocycles. The molecule has 0 atom stereocenters. The Hall–Kier alpha value is -1.65. The van der Waals surface area contributed by atoms with Crippen LogP contribution in [0.5, 0.6) is 0 Å². The van der Waals surface area contributed by atoms with Gasteiger partial charge in [0.2, 0.25) is 0 Å². The van der Waals surface area contributed by atoms with E-state index in [1.807, 2.05) is 0 Å². The molecule has 0 heterocycles. The van der Waals surface area contributed by atoms with Crippen LogP contribution >= 0.6 is 0 Å². The van der Waals surface area contributed by atoms with Crippen LogP contribution < -0.4 is 10.6 Å². The number of halogens is 2. The van der Waals surface area contributed by atoms with Crippen molar-refractivity contribution in [2.75, 3.05) is 11.9 Å². The number of carbonyl (C=O) groups excluding carboxylic acids is 1. The highest BCUT2D eigenvalue weighted by atomic mass is 19.1. The molecule has 0 saturated heterocycles. The van der Waals surface area contributed by atoms with Gasteiger partial charge in [0.1, 0.15) is 17.3 Å². The smallest absolute Gasteiger partial charge is 0.251 e.